The fourth-order valence-corrected chi connectivity index (χ4v) is 2.24. The third kappa shape index (κ3) is 2.45. The van der Waals surface area contributed by atoms with Gasteiger partial charge in [0, 0.05) is 11.1 Å². The number of anilines is 2. The number of carbonyl (C=O) groups excluding carboxylic acids is 1. The van der Waals surface area contributed by atoms with Crippen LogP contribution in [0.2, 0.25) is 0 Å². The first kappa shape index (κ1) is 11.6. The second kappa shape index (κ2) is 4.55. The largest absolute Gasteiger partial charge is 0.396 e. The number of nitrogen functional groups attached to an aromatic ring is 1. The Bertz CT molecular complexity index is 565. The second-order valence-corrected chi connectivity index (χ2v) is 4.40. The van der Waals surface area contributed by atoms with Gasteiger partial charge in [0.15, 0.2) is 0 Å². The first-order chi connectivity index (χ1) is 8.08. The molecule has 3 nitrogen and oxygen atoms in total. The van der Waals surface area contributed by atoms with Gasteiger partial charge in [0.05, 0.1) is 11.3 Å². The number of carbonyl (C=O) groups is 1. The lowest BCUT2D eigenvalue weighted by molar-refractivity contribution is 0.102. The van der Waals surface area contributed by atoms with Crippen molar-refractivity contribution in [2.45, 2.75) is 6.92 Å². The van der Waals surface area contributed by atoms with Gasteiger partial charge in [-0.1, -0.05) is 0 Å². The summed E-state index contributed by atoms with van der Waals surface area (Å²) in [4.78, 5) is 11.9. The molecule has 2 aromatic rings. The molecular formula is C12H11FN2OS. The minimum absolute atomic E-state index is 0.0184. The van der Waals surface area contributed by atoms with E-state index in [0.717, 1.165) is 5.56 Å². The molecule has 0 saturated heterocycles. The fraction of sp³-hybridized carbons (Fsp3) is 0.0833. The summed E-state index contributed by atoms with van der Waals surface area (Å²) in [7, 11) is 0. The van der Waals surface area contributed by atoms with Crippen molar-refractivity contribution in [3.63, 3.8) is 0 Å². The Morgan fingerprint density at radius 2 is 2.18 bits per heavy atom. The maximum absolute atomic E-state index is 12.9. The maximum Gasteiger partial charge on any atom is 0.256 e. The smallest absolute Gasteiger partial charge is 0.256 e. The zero-order valence-electron chi connectivity index (χ0n) is 9.16. The zero-order chi connectivity index (χ0) is 12.4. The molecule has 1 amide bonds. The SMILES string of the molecule is Cc1cscc1C(=O)Nc1ccc(F)c(N)c1. The predicted octanol–water partition coefficient (Wildman–Crippen LogP) is 3.03. The highest BCUT2D eigenvalue weighted by Gasteiger charge is 2.10. The van der Waals surface area contributed by atoms with Gasteiger partial charge in [-0.25, -0.2) is 4.39 Å². The minimum atomic E-state index is -0.491. The lowest BCUT2D eigenvalue weighted by Gasteiger charge is -2.06. The normalized spacial score (nSPS) is 10.2. The van der Waals surface area contributed by atoms with E-state index in [0.29, 0.717) is 11.3 Å². The Morgan fingerprint density at radius 3 is 2.76 bits per heavy atom. The topological polar surface area (TPSA) is 55.1 Å². The van der Waals surface area contributed by atoms with Gasteiger partial charge in [-0.05, 0) is 36.1 Å². The molecular weight excluding hydrogens is 239 g/mol. The molecule has 0 fully saturated rings. The third-order valence-electron chi connectivity index (χ3n) is 2.35. The quantitative estimate of drug-likeness (QED) is 0.805. The molecule has 0 spiro atoms. The standard InChI is InChI=1S/C12H11FN2OS/c1-7-5-17-6-9(7)12(16)15-8-2-3-10(13)11(14)4-8/h2-6H,14H2,1H3,(H,15,16). The Balaban J connectivity index is 2.19. The van der Waals surface area contributed by atoms with Crippen molar-refractivity contribution in [3.8, 4) is 0 Å². The average molecular weight is 250 g/mol. The number of halogens is 1. The minimum Gasteiger partial charge on any atom is -0.396 e. The Labute approximate surface area is 102 Å². The molecule has 1 heterocycles. The summed E-state index contributed by atoms with van der Waals surface area (Å²) in [6, 6.07) is 4.10. The number of thiophene rings is 1. The van der Waals surface area contributed by atoms with Crippen molar-refractivity contribution in [1.29, 1.82) is 0 Å². The van der Waals surface area contributed by atoms with Crippen LogP contribution in [0.5, 0.6) is 0 Å². The van der Waals surface area contributed by atoms with Gasteiger partial charge in [0.1, 0.15) is 5.82 Å². The third-order valence-corrected chi connectivity index (χ3v) is 3.22. The van der Waals surface area contributed by atoms with E-state index in [1.165, 1.54) is 29.5 Å². The highest BCUT2D eigenvalue weighted by atomic mass is 32.1. The maximum atomic E-state index is 12.9. The van der Waals surface area contributed by atoms with Gasteiger partial charge in [0.25, 0.3) is 5.91 Å². The number of nitrogens with two attached hydrogens (primary N) is 1. The van der Waals surface area contributed by atoms with Crippen LogP contribution in [0.3, 0.4) is 0 Å². The van der Waals surface area contributed by atoms with E-state index in [1.807, 2.05) is 12.3 Å². The van der Waals surface area contributed by atoms with Crippen molar-refractivity contribution >= 4 is 28.6 Å². The summed E-state index contributed by atoms with van der Waals surface area (Å²) in [5.74, 6) is -0.704. The van der Waals surface area contributed by atoms with Crippen molar-refractivity contribution in [1.82, 2.24) is 0 Å². The molecule has 0 aliphatic carbocycles. The van der Waals surface area contributed by atoms with Crippen LogP contribution in [0.1, 0.15) is 15.9 Å². The lowest BCUT2D eigenvalue weighted by Crippen LogP contribution is -2.12. The number of hydrogen-bond donors (Lipinski definition) is 2. The van der Waals surface area contributed by atoms with Gasteiger partial charge in [-0.3, -0.25) is 4.79 Å². The van der Waals surface area contributed by atoms with Crippen LogP contribution >= 0.6 is 11.3 Å². The summed E-state index contributed by atoms with van der Waals surface area (Å²) < 4.78 is 12.9. The molecule has 0 saturated carbocycles. The van der Waals surface area contributed by atoms with Crippen LogP contribution < -0.4 is 11.1 Å². The van der Waals surface area contributed by atoms with Crippen molar-refractivity contribution in [2.75, 3.05) is 11.1 Å². The summed E-state index contributed by atoms with van der Waals surface area (Å²) >= 11 is 1.47. The summed E-state index contributed by atoms with van der Waals surface area (Å²) in [5, 5.41) is 6.35. The van der Waals surface area contributed by atoms with Crippen LogP contribution in [0, 0.1) is 12.7 Å². The number of hydrogen-bond acceptors (Lipinski definition) is 3. The van der Waals surface area contributed by atoms with Crippen LogP contribution in [0.25, 0.3) is 0 Å². The van der Waals surface area contributed by atoms with E-state index in [-0.39, 0.29) is 11.6 Å². The van der Waals surface area contributed by atoms with Gasteiger partial charge in [0.2, 0.25) is 0 Å². The van der Waals surface area contributed by atoms with Crippen LogP contribution in [-0.4, -0.2) is 5.91 Å². The van der Waals surface area contributed by atoms with Crippen molar-refractivity contribution < 1.29 is 9.18 Å². The Kier molecular flexibility index (Phi) is 3.10. The monoisotopic (exact) mass is 250 g/mol. The molecule has 5 heteroatoms. The Morgan fingerprint density at radius 1 is 1.41 bits per heavy atom. The van der Waals surface area contributed by atoms with E-state index in [9.17, 15) is 9.18 Å². The highest BCUT2D eigenvalue weighted by molar-refractivity contribution is 7.08. The first-order valence-corrected chi connectivity index (χ1v) is 5.91. The van der Waals surface area contributed by atoms with E-state index in [2.05, 4.69) is 5.32 Å². The van der Waals surface area contributed by atoms with Gasteiger partial charge < -0.3 is 11.1 Å². The first-order valence-electron chi connectivity index (χ1n) is 4.97. The number of rotatable bonds is 2. The molecule has 0 radical (unpaired) electrons. The number of nitrogens with one attached hydrogen (secondary N) is 1. The summed E-state index contributed by atoms with van der Waals surface area (Å²) in [6.45, 7) is 1.87. The van der Waals surface area contributed by atoms with Gasteiger partial charge in [-0.2, -0.15) is 11.3 Å². The van der Waals surface area contributed by atoms with E-state index < -0.39 is 5.82 Å². The second-order valence-electron chi connectivity index (χ2n) is 3.66. The molecule has 3 N–H and O–H groups in total. The number of aryl methyl sites for hydroxylation is 1. The molecule has 2 rings (SSSR count). The van der Waals surface area contributed by atoms with E-state index in [1.54, 1.807) is 5.38 Å². The number of amides is 1. The molecule has 1 aromatic carbocycles. The van der Waals surface area contributed by atoms with Gasteiger partial charge >= 0.3 is 0 Å². The summed E-state index contributed by atoms with van der Waals surface area (Å²) in [5.41, 5.74) is 7.47. The molecule has 0 atom stereocenters. The lowest BCUT2D eigenvalue weighted by atomic mass is 10.2. The van der Waals surface area contributed by atoms with Crippen LogP contribution in [0.15, 0.2) is 29.0 Å². The zero-order valence-corrected chi connectivity index (χ0v) is 9.98. The predicted molar refractivity (Wildman–Crippen MR) is 67.8 cm³/mol. The average Bonchev–Trinajstić information content (AvgIpc) is 2.70. The van der Waals surface area contributed by atoms with Crippen molar-refractivity contribution in [3.05, 3.63) is 45.9 Å². The van der Waals surface area contributed by atoms with Crippen molar-refractivity contribution in [2.24, 2.45) is 0 Å². The Hall–Kier alpha value is -1.88. The number of benzene rings is 1. The molecule has 0 unspecified atom stereocenters. The van der Waals surface area contributed by atoms with E-state index in [4.69, 9.17) is 5.73 Å². The van der Waals surface area contributed by atoms with Gasteiger partial charge in [-0.15, -0.1) is 0 Å². The molecule has 0 aliphatic heterocycles. The van der Waals surface area contributed by atoms with Crippen LogP contribution in [-0.2, 0) is 0 Å². The van der Waals surface area contributed by atoms with Crippen LogP contribution in [0.4, 0.5) is 15.8 Å². The fourth-order valence-electron chi connectivity index (χ4n) is 1.41. The molecule has 17 heavy (non-hydrogen) atoms. The molecule has 0 aliphatic rings. The molecule has 88 valence electrons. The highest BCUT2D eigenvalue weighted by Crippen LogP contribution is 2.19. The molecule has 0 bridgehead atoms. The molecule has 1 aromatic heterocycles. The summed E-state index contributed by atoms with van der Waals surface area (Å²) in [6.07, 6.45) is 0. The van der Waals surface area contributed by atoms with E-state index >= 15 is 0 Å².